The van der Waals surface area contributed by atoms with Crippen LogP contribution in [0.3, 0.4) is 0 Å². The first-order valence-corrected chi connectivity index (χ1v) is 23.8. The summed E-state index contributed by atoms with van der Waals surface area (Å²) in [6, 6.07) is 0. The molecule has 0 bridgehead atoms. The van der Waals surface area contributed by atoms with Gasteiger partial charge in [-0.15, -0.1) is 0 Å². The van der Waals surface area contributed by atoms with Crippen LogP contribution in [0, 0.1) is 0 Å². The van der Waals surface area contributed by atoms with E-state index in [0.29, 0.717) is 19.3 Å². The van der Waals surface area contributed by atoms with Crippen molar-refractivity contribution in [3.05, 3.63) is 60.8 Å². The molecular formula is C51H88O6. The summed E-state index contributed by atoms with van der Waals surface area (Å²) >= 11 is 0. The fourth-order valence-corrected chi connectivity index (χ4v) is 6.43. The first kappa shape index (κ1) is 54.1. The van der Waals surface area contributed by atoms with Crippen LogP contribution in [0.15, 0.2) is 60.8 Å². The van der Waals surface area contributed by atoms with Crippen LogP contribution in [-0.2, 0) is 28.6 Å². The van der Waals surface area contributed by atoms with Gasteiger partial charge in [-0.1, -0.05) is 204 Å². The lowest BCUT2D eigenvalue weighted by molar-refractivity contribution is -0.167. The van der Waals surface area contributed by atoms with E-state index in [-0.39, 0.29) is 31.1 Å². The summed E-state index contributed by atoms with van der Waals surface area (Å²) < 4.78 is 16.7. The van der Waals surface area contributed by atoms with Crippen molar-refractivity contribution in [1.82, 2.24) is 0 Å². The van der Waals surface area contributed by atoms with Gasteiger partial charge in [-0.25, -0.2) is 0 Å². The maximum absolute atomic E-state index is 12.7. The summed E-state index contributed by atoms with van der Waals surface area (Å²) in [6.45, 7) is 6.51. The van der Waals surface area contributed by atoms with E-state index in [2.05, 4.69) is 81.5 Å². The molecule has 0 saturated heterocycles. The van der Waals surface area contributed by atoms with Gasteiger partial charge in [0.05, 0.1) is 0 Å². The van der Waals surface area contributed by atoms with Gasteiger partial charge in [0.15, 0.2) is 6.10 Å². The molecule has 0 rings (SSSR count). The number of carbonyl (C=O) groups excluding carboxylic acids is 3. The second-order valence-corrected chi connectivity index (χ2v) is 15.8. The summed E-state index contributed by atoms with van der Waals surface area (Å²) in [5.41, 5.74) is 0. The number of esters is 3. The number of hydrogen-bond acceptors (Lipinski definition) is 6. The Balaban J connectivity index is 4.39. The predicted octanol–water partition coefficient (Wildman–Crippen LogP) is 15.3. The van der Waals surface area contributed by atoms with E-state index in [9.17, 15) is 14.4 Å². The lowest BCUT2D eigenvalue weighted by atomic mass is 10.1. The van der Waals surface area contributed by atoms with Crippen LogP contribution in [0.2, 0.25) is 0 Å². The minimum absolute atomic E-state index is 0.0872. The van der Waals surface area contributed by atoms with Gasteiger partial charge in [-0.05, 0) is 64.2 Å². The summed E-state index contributed by atoms with van der Waals surface area (Å²) in [5, 5.41) is 0. The lowest BCUT2D eigenvalue weighted by Crippen LogP contribution is -2.30. The molecule has 0 spiro atoms. The maximum Gasteiger partial charge on any atom is 0.306 e. The standard InChI is InChI=1S/C51H88O6/c1-4-7-10-13-16-19-22-23-24-25-26-27-28-30-32-35-38-41-44-50(53)56-47-48(46-55-49(52)43-40-37-34-31-21-18-15-12-9-6-3)57-51(54)45-42-39-36-33-29-20-17-14-11-8-5-2/h15-16,18-19,22-27,48H,4-14,17,20-21,28-47H2,1-3H3/b18-15-,19-16-,23-22-,25-24-,27-26-. The highest BCUT2D eigenvalue weighted by molar-refractivity contribution is 5.71. The Bertz CT molecular complexity index is 1050. The number of unbranched alkanes of at least 4 members (excludes halogenated alkanes) is 24. The highest BCUT2D eigenvalue weighted by atomic mass is 16.6. The molecule has 1 atom stereocenters. The molecule has 57 heavy (non-hydrogen) atoms. The third-order valence-corrected chi connectivity index (χ3v) is 10.1. The SMILES string of the molecule is CCCC/C=C\CCCCCCC(=O)OCC(COC(=O)CCCCCCC\C=C/C=C\C=C/C=C\CCCCC)OC(=O)CCCCCCCCCCCCC. The fourth-order valence-electron chi connectivity index (χ4n) is 6.43. The molecule has 0 amide bonds. The van der Waals surface area contributed by atoms with Gasteiger partial charge in [0.1, 0.15) is 13.2 Å². The molecule has 0 aliphatic heterocycles. The second-order valence-electron chi connectivity index (χ2n) is 15.8. The molecular weight excluding hydrogens is 709 g/mol. The Labute approximate surface area is 351 Å². The summed E-state index contributed by atoms with van der Waals surface area (Å²) in [6.07, 6.45) is 54.8. The molecule has 0 fully saturated rings. The van der Waals surface area contributed by atoms with Crippen molar-refractivity contribution in [2.24, 2.45) is 0 Å². The van der Waals surface area contributed by atoms with Crippen LogP contribution < -0.4 is 0 Å². The monoisotopic (exact) mass is 797 g/mol. The van der Waals surface area contributed by atoms with E-state index in [4.69, 9.17) is 14.2 Å². The molecule has 0 saturated carbocycles. The Morgan fingerprint density at radius 3 is 1.12 bits per heavy atom. The van der Waals surface area contributed by atoms with Crippen LogP contribution in [0.4, 0.5) is 0 Å². The number of hydrogen-bond donors (Lipinski definition) is 0. The van der Waals surface area contributed by atoms with Gasteiger partial charge in [-0.3, -0.25) is 14.4 Å². The Morgan fingerprint density at radius 1 is 0.351 bits per heavy atom. The van der Waals surface area contributed by atoms with Crippen LogP contribution in [0.5, 0.6) is 0 Å². The summed E-state index contributed by atoms with van der Waals surface area (Å²) in [7, 11) is 0. The molecule has 328 valence electrons. The zero-order valence-electron chi connectivity index (χ0n) is 37.3. The average molecular weight is 797 g/mol. The van der Waals surface area contributed by atoms with E-state index in [0.717, 1.165) is 103 Å². The molecule has 0 aliphatic carbocycles. The van der Waals surface area contributed by atoms with Crippen molar-refractivity contribution in [2.75, 3.05) is 13.2 Å². The van der Waals surface area contributed by atoms with E-state index in [1.165, 1.54) is 83.5 Å². The molecule has 0 aliphatic rings. The highest BCUT2D eigenvalue weighted by Crippen LogP contribution is 2.14. The van der Waals surface area contributed by atoms with Crippen molar-refractivity contribution in [3.63, 3.8) is 0 Å². The largest absolute Gasteiger partial charge is 0.462 e. The van der Waals surface area contributed by atoms with Gasteiger partial charge in [0, 0.05) is 19.3 Å². The van der Waals surface area contributed by atoms with E-state index in [1.54, 1.807) is 0 Å². The first-order valence-electron chi connectivity index (χ1n) is 23.8. The van der Waals surface area contributed by atoms with Gasteiger partial charge in [0.25, 0.3) is 0 Å². The zero-order chi connectivity index (χ0) is 41.5. The van der Waals surface area contributed by atoms with Gasteiger partial charge in [0.2, 0.25) is 0 Å². The third kappa shape index (κ3) is 44.1. The smallest absolute Gasteiger partial charge is 0.306 e. The van der Waals surface area contributed by atoms with Crippen molar-refractivity contribution >= 4 is 17.9 Å². The van der Waals surface area contributed by atoms with Crippen LogP contribution in [0.25, 0.3) is 0 Å². The number of carbonyl (C=O) groups is 3. The summed E-state index contributed by atoms with van der Waals surface area (Å²) in [5.74, 6) is -0.924. The van der Waals surface area contributed by atoms with Crippen molar-refractivity contribution < 1.29 is 28.6 Å². The fraction of sp³-hybridized carbons (Fsp3) is 0.745. The molecule has 0 heterocycles. The molecule has 0 radical (unpaired) electrons. The van der Waals surface area contributed by atoms with E-state index in [1.807, 2.05) is 0 Å². The quantitative estimate of drug-likeness (QED) is 0.0201. The van der Waals surface area contributed by atoms with E-state index >= 15 is 0 Å². The van der Waals surface area contributed by atoms with Gasteiger partial charge >= 0.3 is 17.9 Å². The molecule has 0 aromatic carbocycles. The normalized spacial score (nSPS) is 12.5. The third-order valence-electron chi connectivity index (χ3n) is 10.1. The number of rotatable bonds is 42. The minimum atomic E-state index is -0.784. The molecule has 0 aromatic heterocycles. The van der Waals surface area contributed by atoms with Crippen LogP contribution in [0.1, 0.15) is 226 Å². The molecule has 6 nitrogen and oxygen atoms in total. The van der Waals surface area contributed by atoms with Crippen molar-refractivity contribution in [1.29, 1.82) is 0 Å². The van der Waals surface area contributed by atoms with Gasteiger partial charge < -0.3 is 14.2 Å². The van der Waals surface area contributed by atoms with E-state index < -0.39 is 6.10 Å². The minimum Gasteiger partial charge on any atom is -0.462 e. The van der Waals surface area contributed by atoms with Crippen LogP contribution in [-0.4, -0.2) is 37.2 Å². The Kier molecular flexibility index (Phi) is 43.5. The molecule has 0 N–H and O–H groups in total. The first-order chi connectivity index (χ1) is 28.0. The molecule has 0 aromatic rings. The molecule has 1 unspecified atom stereocenters. The Hall–Kier alpha value is -2.89. The summed E-state index contributed by atoms with van der Waals surface area (Å²) in [4.78, 5) is 37.7. The lowest BCUT2D eigenvalue weighted by Gasteiger charge is -2.18. The highest BCUT2D eigenvalue weighted by Gasteiger charge is 2.19. The second kappa shape index (κ2) is 45.8. The van der Waals surface area contributed by atoms with Crippen molar-refractivity contribution in [3.8, 4) is 0 Å². The van der Waals surface area contributed by atoms with Gasteiger partial charge in [-0.2, -0.15) is 0 Å². The predicted molar refractivity (Wildman–Crippen MR) is 242 cm³/mol. The number of allylic oxidation sites excluding steroid dienone is 10. The topological polar surface area (TPSA) is 78.9 Å². The maximum atomic E-state index is 12.7. The Morgan fingerprint density at radius 2 is 0.667 bits per heavy atom. The zero-order valence-corrected chi connectivity index (χ0v) is 37.3. The van der Waals surface area contributed by atoms with Crippen LogP contribution >= 0.6 is 0 Å². The van der Waals surface area contributed by atoms with Crippen molar-refractivity contribution in [2.45, 2.75) is 232 Å². The molecule has 6 heteroatoms. The number of ether oxygens (including phenoxy) is 3. The average Bonchev–Trinajstić information content (AvgIpc) is 3.21.